The highest BCUT2D eigenvalue weighted by atomic mass is 32.1. The molecule has 2 heterocycles. The Morgan fingerprint density at radius 3 is 2.80 bits per heavy atom. The summed E-state index contributed by atoms with van der Waals surface area (Å²) >= 11 is 1.36. The molecular formula is C14H19FN4S. The van der Waals surface area contributed by atoms with E-state index in [4.69, 9.17) is 0 Å². The predicted molar refractivity (Wildman–Crippen MR) is 78.3 cm³/mol. The molecule has 0 aliphatic carbocycles. The molecule has 0 spiro atoms. The molecule has 0 aromatic carbocycles. The third-order valence-corrected chi connectivity index (χ3v) is 3.81. The number of nitrogens with one attached hydrogen (secondary N) is 1. The van der Waals surface area contributed by atoms with E-state index in [1.165, 1.54) is 23.8 Å². The van der Waals surface area contributed by atoms with Gasteiger partial charge in [0.15, 0.2) is 0 Å². The van der Waals surface area contributed by atoms with Crippen LogP contribution >= 0.6 is 11.5 Å². The van der Waals surface area contributed by atoms with E-state index in [0.29, 0.717) is 0 Å². The van der Waals surface area contributed by atoms with Gasteiger partial charge in [-0.1, -0.05) is 25.3 Å². The van der Waals surface area contributed by atoms with Crippen LogP contribution in [0.5, 0.6) is 0 Å². The first kappa shape index (κ1) is 15.0. The van der Waals surface area contributed by atoms with Gasteiger partial charge in [0.05, 0.1) is 22.8 Å². The van der Waals surface area contributed by atoms with Gasteiger partial charge in [0.2, 0.25) is 0 Å². The number of nitrogens with zero attached hydrogens (tertiary/aromatic N) is 3. The van der Waals surface area contributed by atoms with Crippen molar-refractivity contribution in [1.82, 2.24) is 19.9 Å². The van der Waals surface area contributed by atoms with Crippen LogP contribution in [-0.2, 0) is 0 Å². The summed E-state index contributed by atoms with van der Waals surface area (Å²) in [6.45, 7) is 7.11. The molecular weight excluding hydrogens is 275 g/mol. The minimum absolute atomic E-state index is 0.101. The maximum atomic E-state index is 13.4. The molecule has 0 amide bonds. The highest BCUT2D eigenvalue weighted by molar-refractivity contribution is 7.05. The van der Waals surface area contributed by atoms with Crippen LogP contribution in [0.3, 0.4) is 0 Å². The van der Waals surface area contributed by atoms with Crippen molar-refractivity contribution in [3.8, 4) is 0 Å². The Kier molecular flexibility index (Phi) is 5.14. The monoisotopic (exact) mass is 294 g/mol. The average molecular weight is 294 g/mol. The Labute approximate surface area is 122 Å². The van der Waals surface area contributed by atoms with Gasteiger partial charge in [0.1, 0.15) is 5.82 Å². The molecule has 1 atom stereocenters. The van der Waals surface area contributed by atoms with E-state index in [0.717, 1.165) is 29.1 Å². The molecule has 2 aromatic heterocycles. The zero-order valence-corrected chi connectivity index (χ0v) is 12.7. The number of rotatable bonds is 6. The van der Waals surface area contributed by atoms with E-state index < -0.39 is 0 Å². The molecule has 108 valence electrons. The van der Waals surface area contributed by atoms with Crippen molar-refractivity contribution in [1.29, 1.82) is 0 Å². The second-order valence-corrected chi connectivity index (χ2v) is 5.79. The Morgan fingerprint density at radius 1 is 1.35 bits per heavy atom. The fraction of sp³-hybridized carbons (Fsp3) is 0.500. The molecule has 0 radical (unpaired) electrons. The number of aromatic nitrogens is 3. The van der Waals surface area contributed by atoms with Crippen LogP contribution < -0.4 is 5.32 Å². The quantitative estimate of drug-likeness (QED) is 0.888. The summed E-state index contributed by atoms with van der Waals surface area (Å²) in [4.78, 5) is 4.99. The lowest BCUT2D eigenvalue weighted by Crippen LogP contribution is -2.24. The fourth-order valence-electron chi connectivity index (χ4n) is 2.04. The third kappa shape index (κ3) is 3.37. The molecule has 0 aliphatic rings. The molecule has 1 N–H and O–H groups in total. The minimum atomic E-state index is -0.325. The number of halogens is 1. The molecule has 0 aliphatic heterocycles. The van der Waals surface area contributed by atoms with Crippen molar-refractivity contribution in [3.63, 3.8) is 0 Å². The van der Waals surface area contributed by atoms with Crippen molar-refractivity contribution < 1.29 is 4.39 Å². The predicted octanol–water partition coefficient (Wildman–Crippen LogP) is 3.28. The summed E-state index contributed by atoms with van der Waals surface area (Å²) in [5.41, 5.74) is 1.78. The van der Waals surface area contributed by atoms with Crippen molar-refractivity contribution >= 4 is 11.5 Å². The van der Waals surface area contributed by atoms with Crippen LogP contribution in [0.15, 0.2) is 18.5 Å². The van der Waals surface area contributed by atoms with Gasteiger partial charge in [0, 0.05) is 6.20 Å². The van der Waals surface area contributed by atoms with E-state index in [2.05, 4.69) is 40.7 Å². The summed E-state index contributed by atoms with van der Waals surface area (Å²) in [5, 5.41) is 7.64. The van der Waals surface area contributed by atoms with Crippen molar-refractivity contribution in [2.45, 2.75) is 39.2 Å². The SMILES string of the molecule is CCCNC(c1cncc(F)c1)c1snnc1C(C)C. The molecule has 0 bridgehead atoms. The van der Waals surface area contributed by atoms with Gasteiger partial charge in [0.25, 0.3) is 0 Å². The van der Waals surface area contributed by atoms with Crippen LogP contribution in [0.4, 0.5) is 4.39 Å². The summed E-state index contributed by atoms with van der Waals surface area (Å²) < 4.78 is 17.5. The normalized spacial score (nSPS) is 12.8. The van der Waals surface area contributed by atoms with E-state index in [-0.39, 0.29) is 17.8 Å². The van der Waals surface area contributed by atoms with E-state index in [9.17, 15) is 4.39 Å². The summed E-state index contributed by atoms with van der Waals surface area (Å²) in [5.74, 6) is -0.0365. The molecule has 4 nitrogen and oxygen atoms in total. The van der Waals surface area contributed by atoms with Crippen LogP contribution in [-0.4, -0.2) is 21.1 Å². The van der Waals surface area contributed by atoms with Gasteiger partial charge in [-0.15, -0.1) is 5.10 Å². The minimum Gasteiger partial charge on any atom is -0.305 e. The fourth-order valence-corrected chi connectivity index (χ4v) is 2.95. The lowest BCUT2D eigenvalue weighted by molar-refractivity contribution is 0.579. The molecule has 2 rings (SSSR count). The molecule has 20 heavy (non-hydrogen) atoms. The first-order chi connectivity index (χ1) is 9.63. The highest BCUT2D eigenvalue weighted by Gasteiger charge is 2.22. The largest absolute Gasteiger partial charge is 0.305 e. The van der Waals surface area contributed by atoms with E-state index in [1.54, 1.807) is 6.20 Å². The molecule has 0 saturated heterocycles. The van der Waals surface area contributed by atoms with Gasteiger partial charge in [-0.05, 0) is 42.0 Å². The van der Waals surface area contributed by atoms with Gasteiger partial charge >= 0.3 is 0 Å². The maximum absolute atomic E-state index is 13.4. The average Bonchev–Trinajstić information content (AvgIpc) is 2.89. The topological polar surface area (TPSA) is 50.7 Å². The molecule has 1 unspecified atom stereocenters. The molecule has 6 heteroatoms. The number of hydrogen-bond donors (Lipinski definition) is 1. The maximum Gasteiger partial charge on any atom is 0.141 e. The Balaban J connectivity index is 2.39. The number of pyridine rings is 1. The second kappa shape index (κ2) is 6.85. The smallest absolute Gasteiger partial charge is 0.141 e. The highest BCUT2D eigenvalue weighted by Crippen LogP contribution is 2.30. The van der Waals surface area contributed by atoms with Crippen molar-refractivity contribution in [3.05, 3.63) is 40.4 Å². The standard InChI is InChI=1S/C14H19FN4S/c1-4-5-17-13(10-6-11(15)8-16-7-10)14-12(9(2)3)18-19-20-14/h6-9,13,17H,4-5H2,1-3H3. The van der Waals surface area contributed by atoms with Crippen LogP contribution in [0.25, 0.3) is 0 Å². The van der Waals surface area contributed by atoms with E-state index >= 15 is 0 Å². The molecule has 0 fully saturated rings. The summed E-state index contributed by atoms with van der Waals surface area (Å²) in [6.07, 6.45) is 3.91. The second-order valence-electron chi connectivity index (χ2n) is 5.00. The van der Waals surface area contributed by atoms with Gasteiger partial charge in [-0.25, -0.2) is 4.39 Å². The van der Waals surface area contributed by atoms with Gasteiger partial charge in [-0.2, -0.15) is 0 Å². The van der Waals surface area contributed by atoms with Crippen LogP contribution in [0, 0.1) is 5.82 Å². The Hall–Kier alpha value is -1.40. The molecule has 0 saturated carbocycles. The first-order valence-corrected chi connectivity index (χ1v) is 7.56. The number of hydrogen-bond acceptors (Lipinski definition) is 5. The zero-order valence-electron chi connectivity index (χ0n) is 11.9. The zero-order chi connectivity index (χ0) is 14.5. The summed E-state index contributed by atoms with van der Waals surface area (Å²) in [6, 6.07) is 1.42. The Morgan fingerprint density at radius 2 is 2.15 bits per heavy atom. The van der Waals surface area contributed by atoms with Crippen molar-refractivity contribution in [2.24, 2.45) is 0 Å². The van der Waals surface area contributed by atoms with E-state index in [1.807, 2.05) is 0 Å². The van der Waals surface area contributed by atoms with Gasteiger partial charge < -0.3 is 5.32 Å². The van der Waals surface area contributed by atoms with Gasteiger partial charge in [-0.3, -0.25) is 4.98 Å². The lowest BCUT2D eigenvalue weighted by Gasteiger charge is -2.18. The lowest BCUT2D eigenvalue weighted by atomic mass is 10.0. The van der Waals surface area contributed by atoms with Crippen LogP contribution in [0.1, 0.15) is 55.3 Å². The van der Waals surface area contributed by atoms with Crippen molar-refractivity contribution in [2.75, 3.05) is 6.54 Å². The first-order valence-electron chi connectivity index (χ1n) is 6.79. The van der Waals surface area contributed by atoms with Crippen LogP contribution in [0.2, 0.25) is 0 Å². The molecule has 2 aromatic rings. The Bertz CT molecular complexity index is 556. The third-order valence-electron chi connectivity index (χ3n) is 3.01. The summed E-state index contributed by atoms with van der Waals surface area (Å²) in [7, 11) is 0.